The zero-order valence-corrected chi connectivity index (χ0v) is 8.50. The van der Waals surface area contributed by atoms with Gasteiger partial charge >= 0.3 is 0 Å². The minimum Gasteiger partial charge on any atom is -0.388 e. The second-order valence-corrected chi connectivity index (χ2v) is 3.55. The Labute approximate surface area is 81.6 Å². The van der Waals surface area contributed by atoms with Crippen LogP contribution < -0.4 is 0 Å². The predicted octanol–water partition coefficient (Wildman–Crippen LogP) is 2.90. The van der Waals surface area contributed by atoms with Crippen molar-refractivity contribution in [2.45, 2.75) is 18.9 Å². The maximum absolute atomic E-state index is 9.63. The minimum atomic E-state index is -0.302. The van der Waals surface area contributed by atoms with Gasteiger partial charge in [-0.05, 0) is 18.4 Å². The van der Waals surface area contributed by atoms with Crippen LogP contribution in [0.15, 0.2) is 30.3 Å². The van der Waals surface area contributed by atoms with Crippen molar-refractivity contribution in [1.29, 1.82) is 0 Å². The van der Waals surface area contributed by atoms with Gasteiger partial charge in [-0.3, -0.25) is 0 Å². The lowest BCUT2D eigenvalue weighted by Crippen LogP contribution is -1.96. The topological polar surface area (TPSA) is 20.2 Å². The van der Waals surface area contributed by atoms with Crippen LogP contribution in [0.25, 0.3) is 0 Å². The fourth-order valence-corrected chi connectivity index (χ4v) is 1.44. The summed E-state index contributed by atoms with van der Waals surface area (Å²) >= 11 is 3.34. The first-order valence-electron chi connectivity index (χ1n) is 4.13. The van der Waals surface area contributed by atoms with Crippen molar-refractivity contribution in [1.82, 2.24) is 0 Å². The van der Waals surface area contributed by atoms with Crippen LogP contribution in [0.4, 0.5) is 0 Å². The highest BCUT2D eigenvalue weighted by Crippen LogP contribution is 2.17. The molecule has 0 amide bonds. The van der Waals surface area contributed by atoms with Gasteiger partial charge in [0.1, 0.15) is 0 Å². The van der Waals surface area contributed by atoms with Crippen molar-refractivity contribution >= 4 is 15.9 Å². The molecule has 1 N–H and O–H groups in total. The lowest BCUT2D eigenvalue weighted by molar-refractivity contribution is 0.167. The van der Waals surface area contributed by atoms with Gasteiger partial charge in [0.2, 0.25) is 0 Å². The van der Waals surface area contributed by atoms with Crippen LogP contribution in [-0.4, -0.2) is 10.4 Å². The van der Waals surface area contributed by atoms with Crippen LogP contribution in [0.1, 0.15) is 24.5 Å². The molecule has 1 aromatic carbocycles. The molecule has 1 atom stereocenters. The molecule has 1 nitrogen and oxygen atoms in total. The Balaban J connectivity index is 2.48. The van der Waals surface area contributed by atoms with E-state index in [4.69, 9.17) is 0 Å². The van der Waals surface area contributed by atoms with Crippen molar-refractivity contribution in [3.8, 4) is 0 Å². The van der Waals surface area contributed by atoms with E-state index in [0.29, 0.717) is 0 Å². The molecule has 0 heterocycles. The van der Waals surface area contributed by atoms with E-state index in [-0.39, 0.29) is 6.10 Å². The molecule has 0 aliphatic heterocycles. The molecule has 66 valence electrons. The van der Waals surface area contributed by atoms with E-state index < -0.39 is 0 Å². The largest absolute Gasteiger partial charge is 0.388 e. The predicted molar refractivity (Wildman–Crippen MR) is 54.4 cm³/mol. The number of aliphatic hydroxyl groups excluding tert-OH is 1. The van der Waals surface area contributed by atoms with Crippen molar-refractivity contribution in [2.75, 3.05) is 5.33 Å². The number of halogens is 1. The molecule has 1 rings (SSSR count). The Hall–Kier alpha value is -0.340. The molecule has 0 aliphatic rings. The number of hydrogen-bond donors (Lipinski definition) is 1. The summed E-state index contributed by atoms with van der Waals surface area (Å²) < 4.78 is 0. The molecule has 1 unspecified atom stereocenters. The summed E-state index contributed by atoms with van der Waals surface area (Å²) in [6.45, 7) is 0. The number of aliphatic hydroxyl groups is 1. The van der Waals surface area contributed by atoms with Gasteiger partial charge in [0.25, 0.3) is 0 Å². The molecule has 0 saturated heterocycles. The highest BCUT2D eigenvalue weighted by atomic mass is 79.9. The summed E-state index contributed by atoms with van der Waals surface area (Å²) in [5.74, 6) is 0. The third-order valence-electron chi connectivity index (χ3n) is 1.80. The van der Waals surface area contributed by atoms with E-state index in [2.05, 4.69) is 15.9 Å². The SMILES string of the molecule is OC(CCCBr)c1ccccc1. The third kappa shape index (κ3) is 2.95. The second-order valence-electron chi connectivity index (χ2n) is 2.76. The van der Waals surface area contributed by atoms with E-state index >= 15 is 0 Å². The van der Waals surface area contributed by atoms with Crippen LogP contribution in [0, 0.1) is 0 Å². The summed E-state index contributed by atoms with van der Waals surface area (Å²) in [4.78, 5) is 0. The maximum Gasteiger partial charge on any atom is 0.0790 e. The Morgan fingerprint density at radius 1 is 1.25 bits per heavy atom. The fourth-order valence-electron chi connectivity index (χ4n) is 1.11. The Kier molecular flexibility index (Phi) is 4.33. The van der Waals surface area contributed by atoms with E-state index in [9.17, 15) is 5.11 Å². The van der Waals surface area contributed by atoms with Crippen molar-refractivity contribution in [2.24, 2.45) is 0 Å². The zero-order chi connectivity index (χ0) is 8.81. The van der Waals surface area contributed by atoms with Crippen LogP contribution in [-0.2, 0) is 0 Å². The van der Waals surface area contributed by atoms with Crippen LogP contribution >= 0.6 is 15.9 Å². The van der Waals surface area contributed by atoms with Crippen LogP contribution in [0.2, 0.25) is 0 Å². The molecule has 0 fully saturated rings. The van der Waals surface area contributed by atoms with Gasteiger partial charge in [-0.1, -0.05) is 46.3 Å². The van der Waals surface area contributed by atoms with Gasteiger partial charge in [-0.15, -0.1) is 0 Å². The highest BCUT2D eigenvalue weighted by Gasteiger charge is 2.04. The first kappa shape index (κ1) is 9.75. The minimum absolute atomic E-state index is 0.302. The lowest BCUT2D eigenvalue weighted by atomic mass is 10.1. The molecule has 0 bridgehead atoms. The molecular weight excluding hydrogens is 216 g/mol. The molecule has 2 heteroatoms. The molecule has 1 aromatic rings. The first-order valence-corrected chi connectivity index (χ1v) is 5.25. The van der Waals surface area contributed by atoms with Crippen molar-refractivity contribution < 1.29 is 5.11 Å². The Morgan fingerprint density at radius 2 is 1.92 bits per heavy atom. The summed E-state index contributed by atoms with van der Waals surface area (Å²) in [5.41, 5.74) is 1.01. The van der Waals surface area contributed by atoms with Gasteiger partial charge in [-0.25, -0.2) is 0 Å². The molecule has 12 heavy (non-hydrogen) atoms. The summed E-state index contributed by atoms with van der Waals surface area (Å²) in [6.07, 6.45) is 1.54. The third-order valence-corrected chi connectivity index (χ3v) is 2.36. The first-order chi connectivity index (χ1) is 5.84. The van der Waals surface area contributed by atoms with Crippen LogP contribution in [0.5, 0.6) is 0 Å². The summed E-state index contributed by atoms with van der Waals surface area (Å²) in [7, 11) is 0. The lowest BCUT2D eigenvalue weighted by Gasteiger charge is -2.08. The van der Waals surface area contributed by atoms with Crippen molar-refractivity contribution in [3.63, 3.8) is 0 Å². The smallest absolute Gasteiger partial charge is 0.0790 e. The Morgan fingerprint density at radius 3 is 2.50 bits per heavy atom. The summed E-state index contributed by atoms with van der Waals surface area (Å²) in [6, 6.07) is 9.78. The molecule has 0 aliphatic carbocycles. The van der Waals surface area contributed by atoms with Crippen molar-refractivity contribution in [3.05, 3.63) is 35.9 Å². The molecular formula is C10H13BrO. The number of hydrogen-bond acceptors (Lipinski definition) is 1. The van der Waals surface area contributed by atoms with E-state index in [0.717, 1.165) is 23.7 Å². The number of alkyl halides is 1. The fraction of sp³-hybridized carbons (Fsp3) is 0.400. The quantitative estimate of drug-likeness (QED) is 0.787. The van der Waals surface area contributed by atoms with E-state index in [1.807, 2.05) is 30.3 Å². The van der Waals surface area contributed by atoms with Gasteiger partial charge in [0, 0.05) is 5.33 Å². The molecule has 0 radical (unpaired) electrons. The van der Waals surface area contributed by atoms with E-state index in [1.165, 1.54) is 0 Å². The van der Waals surface area contributed by atoms with E-state index in [1.54, 1.807) is 0 Å². The standard InChI is InChI=1S/C10H13BrO/c11-8-4-7-10(12)9-5-2-1-3-6-9/h1-3,5-6,10,12H,4,7-8H2. The molecule has 0 saturated carbocycles. The number of benzene rings is 1. The summed E-state index contributed by atoms with van der Waals surface area (Å²) in [5, 5.41) is 10.6. The maximum atomic E-state index is 9.63. The molecule has 0 spiro atoms. The Bertz CT molecular complexity index is 210. The van der Waals surface area contributed by atoms with Gasteiger partial charge in [-0.2, -0.15) is 0 Å². The normalized spacial score (nSPS) is 12.8. The van der Waals surface area contributed by atoms with Gasteiger partial charge in [0.15, 0.2) is 0 Å². The zero-order valence-electron chi connectivity index (χ0n) is 6.91. The average molecular weight is 229 g/mol. The van der Waals surface area contributed by atoms with Crippen LogP contribution in [0.3, 0.4) is 0 Å². The second kappa shape index (κ2) is 5.33. The number of rotatable bonds is 4. The highest BCUT2D eigenvalue weighted by molar-refractivity contribution is 9.09. The van der Waals surface area contributed by atoms with Gasteiger partial charge in [0.05, 0.1) is 6.10 Å². The average Bonchev–Trinajstić information content (AvgIpc) is 2.15. The van der Waals surface area contributed by atoms with Gasteiger partial charge < -0.3 is 5.11 Å². The molecule has 0 aromatic heterocycles. The monoisotopic (exact) mass is 228 g/mol.